The van der Waals surface area contributed by atoms with Crippen LogP contribution in [0, 0.1) is 0 Å². The van der Waals surface area contributed by atoms with E-state index in [1.165, 1.54) is 0 Å². The van der Waals surface area contributed by atoms with Gasteiger partial charge in [-0.1, -0.05) is 30.3 Å². The summed E-state index contributed by atoms with van der Waals surface area (Å²) in [5.74, 6) is -0.767. The lowest BCUT2D eigenvalue weighted by atomic mass is 9.94. The van der Waals surface area contributed by atoms with Gasteiger partial charge in [-0.3, -0.25) is 19.3 Å². The fraction of sp³-hybridized carbons (Fsp3) is 0.227. The molecule has 31 heavy (non-hydrogen) atoms. The molecule has 2 aromatic carbocycles. The van der Waals surface area contributed by atoms with Crippen LogP contribution in [0.2, 0.25) is 0 Å². The average Bonchev–Trinajstić information content (AvgIpc) is 3.17. The van der Waals surface area contributed by atoms with E-state index in [0.717, 1.165) is 10.3 Å². The third kappa shape index (κ3) is 3.50. The molecule has 4 rings (SSSR count). The van der Waals surface area contributed by atoms with Gasteiger partial charge in [-0.25, -0.2) is 0 Å². The van der Waals surface area contributed by atoms with Crippen LogP contribution < -0.4 is 0 Å². The minimum Gasteiger partial charge on any atom is -0.465 e. The van der Waals surface area contributed by atoms with Gasteiger partial charge in [0.25, 0.3) is 11.8 Å². The minimum atomic E-state index is -0.955. The summed E-state index contributed by atoms with van der Waals surface area (Å²) in [6, 6.07) is 10.7. The van der Waals surface area contributed by atoms with Crippen LogP contribution in [-0.4, -0.2) is 44.1 Å². The van der Waals surface area contributed by atoms with Gasteiger partial charge in [-0.2, -0.15) is 12.6 Å². The van der Waals surface area contributed by atoms with Gasteiger partial charge in [-0.05, 0) is 24.4 Å². The van der Waals surface area contributed by atoms with Crippen molar-refractivity contribution in [3.8, 4) is 0 Å². The number of aromatic nitrogens is 3. The first kappa shape index (κ1) is 20.8. The zero-order valence-corrected chi connectivity index (χ0v) is 17.7. The summed E-state index contributed by atoms with van der Waals surface area (Å²) in [7, 11) is 0. The van der Waals surface area contributed by atoms with Crippen molar-refractivity contribution in [1.29, 1.82) is 0 Å². The highest BCUT2D eigenvalue weighted by Gasteiger charge is 2.34. The Balaban J connectivity index is 1.71. The van der Waals surface area contributed by atoms with Gasteiger partial charge in [0.2, 0.25) is 0 Å². The van der Waals surface area contributed by atoms with Crippen LogP contribution in [0.3, 0.4) is 0 Å². The number of rotatable bonds is 7. The molecule has 0 radical (unpaired) electrons. The van der Waals surface area contributed by atoms with Crippen LogP contribution in [0.1, 0.15) is 44.5 Å². The largest absolute Gasteiger partial charge is 0.465 e. The number of thiol groups is 1. The molecule has 1 aliphatic heterocycles. The van der Waals surface area contributed by atoms with Crippen LogP contribution >= 0.6 is 12.6 Å². The first-order chi connectivity index (χ1) is 15.0. The second-order valence-electron chi connectivity index (χ2n) is 6.93. The molecule has 0 bridgehead atoms. The third-order valence-electron chi connectivity index (χ3n) is 5.08. The van der Waals surface area contributed by atoms with Gasteiger partial charge in [0.05, 0.1) is 13.2 Å². The maximum Gasteiger partial charge on any atom is 0.326 e. The first-order valence-corrected chi connectivity index (χ1v) is 10.2. The van der Waals surface area contributed by atoms with Crippen molar-refractivity contribution in [2.75, 3.05) is 6.61 Å². The normalized spacial score (nSPS) is 14.1. The van der Waals surface area contributed by atoms with E-state index in [0.29, 0.717) is 22.3 Å². The fourth-order valence-corrected chi connectivity index (χ4v) is 3.95. The molecule has 158 valence electrons. The molecule has 0 spiro atoms. The molecule has 1 aromatic heterocycles. The van der Waals surface area contributed by atoms with Crippen molar-refractivity contribution < 1.29 is 19.1 Å². The van der Waals surface area contributed by atoms with Crippen LogP contribution in [-0.2, 0) is 22.6 Å². The van der Waals surface area contributed by atoms with Crippen LogP contribution in [0.25, 0.3) is 10.8 Å². The molecule has 2 heterocycles. The maximum atomic E-state index is 13.2. The second-order valence-corrected chi connectivity index (χ2v) is 7.45. The first-order valence-electron chi connectivity index (χ1n) is 9.73. The van der Waals surface area contributed by atoms with Crippen molar-refractivity contribution in [3.05, 3.63) is 71.8 Å². The number of benzene rings is 2. The molecular weight excluding hydrogens is 416 g/mol. The Hall–Kier alpha value is -3.46. The molecule has 0 aliphatic carbocycles. The highest BCUT2D eigenvalue weighted by Crippen LogP contribution is 2.31. The van der Waals surface area contributed by atoms with E-state index >= 15 is 0 Å². The SMILES string of the molecule is C=CCn1c(CN2C(=O)c3cccc4cccc(c34)C2=O)nnc1C(S)C(=O)OCC. The number of imide groups is 1. The van der Waals surface area contributed by atoms with Gasteiger partial charge < -0.3 is 9.30 Å². The van der Waals surface area contributed by atoms with E-state index < -0.39 is 23.0 Å². The van der Waals surface area contributed by atoms with Gasteiger partial charge in [0.1, 0.15) is 0 Å². The topological polar surface area (TPSA) is 94.4 Å². The summed E-state index contributed by atoms with van der Waals surface area (Å²) in [4.78, 5) is 39.6. The van der Waals surface area contributed by atoms with Crippen LogP contribution in [0.5, 0.6) is 0 Å². The molecule has 3 aromatic rings. The lowest BCUT2D eigenvalue weighted by Gasteiger charge is -2.27. The number of carbonyl (C=O) groups excluding carboxylic acids is 3. The van der Waals surface area contributed by atoms with Crippen LogP contribution in [0.4, 0.5) is 0 Å². The fourth-order valence-electron chi connectivity index (χ4n) is 3.69. The molecule has 1 atom stereocenters. The maximum absolute atomic E-state index is 13.2. The molecule has 0 N–H and O–H groups in total. The number of amides is 2. The summed E-state index contributed by atoms with van der Waals surface area (Å²) in [5, 5.41) is 8.74. The Morgan fingerprint density at radius 1 is 1.16 bits per heavy atom. The number of hydrogen-bond acceptors (Lipinski definition) is 7. The van der Waals surface area contributed by atoms with Gasteiger partial charge >= 0.3 is 5.97 Å². The Morgan fingerprint density at radius 2 is 1.81 bits per heavy atom. The Kier molecular flexibility index (Phi) is 5.60. The van der Waals surface area contributed by atoms with E-state index in [9.17, 15) is 14.4 Å². The van der Waals surface area contributed by atoms with Gasteiger partial charge in [0.15, 0.2) is 16.9 Å². The highest BCUT2D eigenvalue weighted by molar-refractivity contribution is 7.81. The van der Waals surface area contributed by atoms with Gasteiger partial charge in [0, 0.05) is 23.1 Å². The lowest BCUT2D eigenvalue weighted by molar-refractivity contribution is -0.142. The minimum absolute atomic E-state index is 0.105. The number of ether oxygens (including phenoxy) is 1. The standard InChI is InChI=1S/C22H20N4O4S/c1-3-11-25-16(23-24-19(25)18(31)22(29)30-4-2)12-26-20(27)14-9-5-7-13-8-6-10-15(17(13)14)21(26)28/h3,5-10,18,31H,1,4,11-12H2,2H3. The summed E-state index contributed by atoms with van der Waals surface area (Å²) in [6.45, 7) is 5.80. The summed E-state index contributed by atoms with van der Waals surface area (Å²) in [5.41, 5.74) is 0.919. The van der Waals surface area contributed by atoms with Crippen molar-refractivity contribution in [3.63, 3.8) is 0 Å². The predicted octanol–water partition coefficient (Wildman–Crippen LogP) is 2.95. The second kappa shape index (κ2) is 8.35. The van der Waals surface area contributed by atoms with E-state index in [-0.39, 0.29) is 25.5 Å². The molecule has 2 amide bonds. The van der Waals surface area contributed by atoms with E-state index in [4.69, 9.17) is 4.74 Å². The van der Waals surface area contributed by atoms with Crippen molar-refractivity contribution >= 4 is 41.2 Å². The Labute approximate surface area is 183 Å². The number of allylic oxidation sites excluding steroid dienone is 1. The van der Waals surface area contributed by atoms with E-state index in [1.807, 2.05) is 12.1 Å². The highest BCUT2D eigenvalue weighted by atomic mass is 32.1. The monoisotopic (exact) mass is 436 g/mol. The zero-order valence-electron chi connectivity index (χ0n) is 16.8. The molecule has 1 aliphatic rings. The number of hydrogen-bond donors (Lipinski definition) is 1. The zero-order chi connectivity index (χ0) is 22.1. The predicted molar refractivity (Wildman–Crippen MR) is 117 cm³/mol. The van der Waals surface area contributed by atoms with Crippen molar-refractivity contribution in [2.45, 2.75) is 25.3 Å². The van der Waals surface area contributed by atoms with Crippen molar-refractivity contribution in [1.82, 2.24) is 19.7 Å². The summed E-state index contributed by atoms with van der Waals surface area (Å²) in [6.07, 6.45) is 1.61. The molecule has 0 fully saturated rings. The van der Waals surface area contributed by atoms with Gasteiger partial charge in [-0.15, -0.1) is 16.8 Å². The molecule has 9 heteroatoms. The van der Waals surface area contributed by atoms with Crippen LogP contribution in [0.15, 0.2) is 49.1 Å². The van der Waals surface area contributed by atoms with Crippen molar-refractivity contribution in [2.24, 2.45) is 0 Å². The molecule has 0 saturated heterocycles. The summed E-state index contributed by atoms with van der Waals surface area (Å²) < 4.78 is 6.63. The Bertz CT molecular complexity index is 1170. The number of esters is 1. The van der Waals surface area contributed by atoms with E-state index in [1.54, 1.807) is 41.8 Å². The third-order valence-corrected chi connectivity index (χ3v) is 5.52. The summed E-state index contributed by atoms with van der Waals surface area (Å²) >= 11 is 4.31. The Morgan fingerprint density at radius 3 is 2.39 bits per heavy atom. The molecule has 1 unspecified atom stereocenters. The van der Waals surface area contributed by atoms with E-state index in [2.05, 4.69) is 29.4 Å². The average molecular weight is 436 g/mol. The quantitative estimate of drug-likeness (QED) is 0.265. The lowest BCUT2D eigenvalue weighted by Crippen LogP contribution is -2.40. The number of nitrogens with zero attached hydrogens (tertiary/aromatic N) is 4. The molecule has 8 nitrogen and oxygen atoms in total. The molecular formula is C22H20N4O4S. The molecule has 0 saturated carbocycles. The number of carbonyl (C=O) groups is 3. The smallest absolute Gasteiger partial charge is 0.326 e.